The van der Waals surface area contributed by atoms with E-state index in [1.54, 1.807) is 11.5 Å². The van der Waals surface area contributed by atoms with Crippen LogP contribution in [0.15, 0.2) is 87.8 Å². The first-order chi connectivity index (χ1) is 21.7. The van der Waals surface area contributed by atoms with E-state index < -0.39 is 12.0 Å². The lowest BCUT2D eigenvalue weighted by Gasteiger charge is -2.26. The van der Waals surface area contributed by atoms with Gasteiger partial charge in [0.25, 0.3) is 5.56 Å². The first kappa shape index (κ1) is 30.5. The number of carbonyl (C=O) groups is 1. The lowest BCUT2D eigenvalue weighted by atomic mass is 9.92. The molecule has 0 saturated carbocycles. The summed E-state index contributed by atoms with van der Waals surface area (Å²) in [4.78, 5) is 37.3. The molecule has 1 aliphatic rings. The fraction of sp³-hybridized carbons (Fsp3) is 0.289. The third kappa shape index (κ3) is 5.61. The molecule has 0 saturated heterocycles. The highest BCUT2D eigenvalue weighted by Crippen LogP contribution is 2.35. The average molecular weight is 618 g/mol. The molecule has 0 spiro atoms. The number of nitrogens with zero attached hydrogens (tertiary/aromatic N) is 2. The van der Waals surface area contributed by atoms with E-state index in [4.69, 9.17) is 9.73 Å². The van der Waals surface area contributed by atoms with E-state index >= 15 is 0 Å². The zero-order valence-electron chi connectivity index (χ0n) is 26.7. The molecule has 7 heteroatoms. The van der Waals surface area contributed by atoms with Crippen LogP contribution in [0, 0.1) is 13.8 Å². The van der Waals surface area contributed by atoms with Crippen LogP contribution in [0.4, 0.5) is 0 Å². The minimum Gasteiger partial charge on any atom is -0.463 e. The predicted molar refractivity (Wildman–Crippen MR) is 183 cm³/mol. The second kappa shape index (κ2) is 12.5. The summed E-state index contributed by atoms with van der Waals surface area (Å²) in [5, 5.41) is 1.07. The molecule has 0 radical (unpaired) electrons. The van der Waals surface area contributed by atoms with Crippen molar-refractivity contribution in [3.05, 3.63) is 126 Å². The van der Waals surface area contributed by atoms with Crippen molar-refractivity contribution in [3.8, 4) is 11.3 Å². The monoisotopic (exact) mass is 617 g/mol. The number of allylic oxidation sites excluding steroid dienone is 1. The van der Waals surface area contributed by atoms with Crippen molar-refractivity contribution in [2.45, 2.75) is 66.3 Å². The van der Waals surface area contributed by atoms with E-state index in [0.717, 1.165) is 50.8 Å². The van der Waals surface area contributed by atoms with Crippen molar-refractivity contribution < 1.29 is 9.53 Å². The fourth-order valence-corrected chi connectivity index (χ4v) is 7.29. The Labute approximate surface area is 267 Å². The van der Waals surface area contributed by atoms with Gasteiger partial charge in [-0.25, -0.2) is 9.79 Å². The smallest absolute Gasteiger partial charge is 0.338 e. The molecular formula is C38H39N3O3S. The van der Waals surface area contributed by atoms with Gasteiger partial charge in [0, 0.05) is 16.5 Å². The van der Waals surface area contributed by atoms with E-state index in [2.05, 4.69) is 76.0 Å². The number of esters is 1. The molecule has 0 amide bonds. The number of aryl methyl sites for hydroxylation is 2. The van der Waals surface area contributed by atoms with Crippen LogP contribution < -0.4 is 14.9 Å². The van der Waals surface area contributed by atoms with Gasteiger partial charge < -0.3 is 9.72 Å². The summed E-state index contributed by atoms with van der Waals surface area (Å²) in [6, 6.07) is 22.1. The van der Waals surface area contributed by atoms with E-state index in [1.807, 2.05) is 36.4 Å². The second-order valence-corrected chi connectivity index (χ2v) is 13.0. The maximum atomic E-state index is 14.5. The second-order valence-electron chi connectivity index (χ2n) is 12.0. The SMILES string of the molecule is CCCC1=C(C(=O)OCC)[C@@H](c2ccc(C(C)C)cc2)n2c(s/c(=C\c3c(-c4ccccc4)[nH]c4c(C)cc(C)cc34)c2=O)=N1. The standard InChI is InChI=1S/C38H39N3O3S/c1-7-12-30-32(37(43)44-8-2)35(27-17-15-25(16-18-27)22(3)4)41-36(42)31(45-38(41)39-30)21-29-28-20-23(5)19-24(6)33(28)40-34(29)26-13-10-9-11-14-26/h9-11,13-22,35,40H,7-8,12H2,1-6H3/b31-21-/t35-/m1/s1. The number of carbonyl (C=O) groups excluding carboxylic acids is 1. The van der Waals surface area contributed by atoms with Crippen LogP contribution in [0.5, 0.6) is 0 Å². The number of aromatic nitrogens is 2. The number of thiazole rings is 1. The van der Waals surface area contributed by atoms with Crippen LogP contribution in [0.3, 0.4) is 0 Å². The Morgan fingerprint density at radius 1 is 1.07 bits per heavy atom. The number of ether oxygens (including phenoxy) is 1. The summed E-state index contributed by atoms with van der Waals surface area (Å²) in [6.45, 7) is 12.6. The van der Waals surface area contributed by atoms with E-state index in [-0.39, 0.29) is 12.2 Å². The predicted octanol–water partition coefficient (Wildman–Crippen LogP) is 7.47. The molecule has 0 unspecified atom stereocenters. The van der Waals surface area contributed by atoms with Gasteiger partial charge in [-0.05, 0) is 67.5 Å². The molecule has 3 aromatic carbocycles. The zero-order chi connectivity index (χ0) is 31.8. The third-order valence-corrected chi connectivity index (χ3v) is 9.42. The summed E-state index contributed by atoms with van der Waals surface area (Å²) >= 11 is 1.37. The van der Waals surface area contributed by atoms with Gasteiger partial charge >= 0.3 is 5.97 Å². The van der Waals surface area contributed by atoms with Gasteiger partial charge in [0.1, 0.15) is 0 Å². The molecule has 1 aliphatic heterocycles. The number of H-pyrrole nitrogens is 1. The van der Waals surface area contributed by atoms with Gasteiger partial charge in [-0.2, -0.15) is 0 Å². The number of aromatic amines is 1. The van der Waals surface area contributed by atoms with Crippen molar-refractivity contribution >= 4 is 34.3 Å². The number of benzene rings is 3. The third-order valence-electron chi connectivity index (χ3n) is 8.44. The van der Waals surface area contributed by atoms with Crippen LogP contribution in [-0.4, -0.2) is 22.1 Å². The van der Waals surface area contributed by atoms with Crippen molar-refractivity contribution in [2.75, 3.05) is 6.61 Å². The van der Waals surface area contributed by atoms with Gasteiger partial charge in [0.05, 0.1) is 34.1 Å². The Balaban J connectivity index is 1.64. The van der Waals surface area contributed by atoms with Crippen molar-refractivity contribution in [3.63, 3.8) is 0 Å². The largest absolute Gasteiger partial charge is 0.463 e. The van der Waals surface area contributed by atoms with E-state index in [0.29, 0.717) is 32.9 Å². The number of hydrogen-bond acceptors (Lipinski definition) is 5. The molecule has 1 atom stereocenters. The summed E-state index contributed by atoms with van der Waals surface area (Å²) in [5.74, 6) is -0.0649. The topological polar surface area (TPSA) is 76.5 Å². The molecule has 45 heavy (non-hydrogen) atoms. The van der Waals surface area contributed by atoms with E-state index in [1.165, 1.54) is 16.9 Å². The highest BCUT2D eigenvalue weighted by molar-refractivity contribution is 7.07. The maximum absolute atomic E-state index is 14.5. The Morgan fingerprint density at radius 3 is 2.47 bits per heavy atom. The molecule has 0 aliphatic carbocycles. The summed E-state index contributed by atoms with van der Waals surface area (Å²) in [6.07, 6.45) is 3.42. The minimum atomic E-state index is -0.633. The highest BCUT2D eigenvalue weighted by atomic mass is 32.1. The van der Waals surface area contributed by atoms with E-state index in [9.17, 15) is 9.59 Å². The highest BCUT2D eigenvalue weighted by Gasteiger charge is 2.34. The lowest BCUT2D eigenvalue weighted by Crippen LogP contribution is -2.40. The van der Waals surface area contributed by atoms with Crippen molar-refractivity contribution in [1.29, 1.82) is 0 Å². The summed E-state index contributed by atoms with van der Waals surface area (Å²) < 4.78 is 7.83. The van der Waals surface area contributed by atoms with Gasteiger partial charge in [-0.1, -0.05) is 105 Å². The van der Waals surface area contributed by atoms with Crippen molar-refractivity contribution in [2.24, 2.45) is 4.99 Å². The number of fused-ring (bicyclic) bond motifs is 2. The normalized spacial score (nSPS) is 15.1. The molecular weight excluding hydrogens is 579 g/mol. The lowest BCUT2D eigenvalue weighted by molar-refractivity contribution is -0.139. The van der Waals surface area contributed by atoms with Gasteiger partial charge in [-0.15, -0.1) is 0 Å². The molecule has 230 valence electrons. The molecule has 6 rings (SSSR count). The van der Waals surface area contributed by atoms with Crippen LogP contribution in [-0.2, 0) is 9.53 Å². The molecule has 3 heterocycles. The molecule has 5 aromatic rings. The summed E-state index contributed by atoms with van der Waals surface area (Å²) in [5.41, 5.74) is 9.34. The first-order valence-corrected chi connectivity index (χ1v) is 16.5. The molecule has 6 nitrogen and oxygen atoms in total. The van der Waals surface area contributed by atoms with Gasteiger partial charge in [0.2, 0.25) is 0 Å². The molecule has 0 bridgehead atoms. The average Bonchev–Trinajstić information content (AvgIpc) is 3.54. The van der Waals surface area contributed by atoms with Gasteiger partial charge in [-0.3, -0.25) is 9.36 Å². The molecule has 0 fully saturated rings. The van der Waals surface area contributed by atoms with Crippen LogP contribution in [0.25, 0.3) is 28.2 Å². The number of hydrogen-bond donors (Lipinski definition) is 1. The van der Waals surface area contributed by atoms with Crippen LogP contribution in [0.2, 0.25) is 0 Å². The Bertz CT molecular complexity index is 2110. The quantitative estimate of drug-likeness (QED) is 0.184. The molecule has 2 aromatic heterocycles. The van der Waals surface area contributed by atoms with Gasteiger partial charge in [0.15, 0.2) is 4.80 Å². The Kier molecular flexibility index (Phi) is 8.47. The first-order valence-electron chi connectivity index (χ1n) is 15.7. The maximum Gasteiger partial charge on any atom is 0.338 e. The number of rotatable bonds is 8. The Morgan fingerprint density at radius 2 is 1.80 bits per heavy atom. The zero-order valence-corrected chi connectivity index (χ0v) is 27.5. The van der Waals surface area contributed by atoms with Crippen molar-refractivity contribution in [1.82, 2.24) is 9.55 Å². The van der Waals surface area contributed by atoms with Crippen LogP contribution in [0.1, 0.15) is 80.3 Å². The number of nitrogens with one attached hydrogen (secondary N) is 1. The summed E-state index contributed by atoms with van der Waals surface area (Å²) in [7, 11) is 0. The van der Waals surface area contributed by atoms with Crippen LogP contribution >= 0.6 is 11.3 Å². The molecule has 1 N–H and O–H groups in total. The minimum absolute atomic E-state index is 0.174. The fourth-order valence-electron chi connectivity index (χ4n) is 6.29. The Hall–Kier alpha value is -4.49.